The molecule has 1 unspecified atom stereocenters. The van der Waals surface area contributed by atoms with E-state index in [9.17, 15) is 0 Å². The highest BCUT2D eigenvalue weighted by Gasteiger charge is 2.16. The lowest BCUT2D eigenvalue weighted by Crippen LogP contribution is -2.10. The van der Waals surface area contributed by atoms with Gasteiger partial charge in [-0.1, -0.05) is 6.92 Å². The van der Waals surface area contributed by atoms with Crippen molar-refractivity contribution in [2.45, 2.75) is 40.2 Å². The van der Waals surface area contributed by atoms with Gasteiger partial charge in [-0.15, -0.1) is 11.3 Å². The topological polar surface area (TPSA) is 62.7 Å². The van der Waals surface area contributed by atoms with E-state index in [0.717, 1.165) is 39.8 Å². The van der Waals surface area contributed by atoms with Crippen molar-refractivity contribution in [3.8, 4) is 0 Å². The van der Waals surface area contributed by atoms with Gasteiger partial charge in [0.2, 0.25) is 0 Å². The molecule has 2 aromatic rings. The summed E-state index contributed by atoms with van der Waals surface area (Å²) in [6.45, 7) is 9.20. The molecule has 0 amide bonds. The van der Waals surface area contributed by atoms with Crippen molar-refractivity contribution < 1.29 is 0 Å². The van der Waals surface area contributed by atoms with E-state index >= 15 is 0 Å². The van der Waals surface area contributed by atoms with E-state index in [2.05, 4.69) is 55.4 Å². The van der Waals surface area contributed by atoms with Crippen molar-refractivity contribution >= 4 is 38.9 Å². The first-order valence-electron chi connectivity index (χ1n) is 6.97. The molecule has 2 rings (SSSR count). The summed E-state index contributed by atoms with van der Waals surface area (Å²) in [4.78, 5) is 14.3. The molecular weight excluding hydrogens is 350 g/mol. The monoisotopic (exact) mass is 369 g/mol. The minimum absolute atomic E-state index is 0.154. The summed E-state index contributed by atoms with van der Waals surface area (Å²) in [5, 5.41) is 7.80. The highest BCUT2D eigenvalue weighted by molar-refractivity contribution is 9.10. The molecule has 0 radical (unpaired) electrons. The standard InChI is InChI=1S/C14H20BrN5S/c1-5-6-16-13-11(15)14(18-7-17-13)20-9(3)12-8(2)19-10(4)21-12/h7,9H,5-6H2,1-4H3,(H2,16,17,18,20). The van der Waals surface area contributed by atoms with Gasteiger partial charge in [0.25, 0.3) is 0 Å². The van der Waals surface area contributed by atoms with Gasteiger partial charge in [-0.2, -0.15) is 0 Å². The molecule has 21 heavy (non-hydrogen) atoms. The van der Waals surface area contributed by atoms with Crippen molar-refractivity contribution in [3.05, 3.63) is 26.4 Å². The Kier molecular flexibility index (Phi) is 5.52. The lowest BCUT2D eigenvalue weighted by atomic mass is 10.2. The van der Waals surface area contributed by atoms with Crippen LogP contribution in [-0.4, -0.2) is 21.5 Å². The van der Waals surface area contributed by atoms with Crippen molar-refractivity contribution in [1.82, 2.24) is 15.0 Å². The van der Waals surface area contributed by atoms with E-state index in [1.54, 1.807) is 17.7 Å². The van der Waals surface area contributed by atoms with E-state index in [1.807, 2.05) is 13.8 Å². The fourth-order valence-corrected chi connectivity index (χ4v) is 3.45. The number of halogens is 1. The highest BCUT2D eigenvalue weighted by Crippen LogP contribution is 2.32. The number of aromatic nitrogens is 3. The van der Waals surface area contributed by atoms with Crippen LogP contribution in [0.25, 0.3) is 0 Å². The molecule has 0 saturated carbocycles. The fraction of sp³-hybridized carbons (Fsp3) is 0.500. The minimum Gasteiger partial charge on any atom is -0.369 e. The van der Waals surface area contributed by atoms with E-state index in [4.69, 9.17) is 0 Å². The van der Waals surface area contributed by atoms with Crippen molar-refractivity contribution in [2.24, 2.45) is 0 Å². The van der Waals surface area contributed by atoms with Crippen LogP contribution in [0.5, 0.6) is 0 Å². The molecule has 2 aromatic heterocycles. The average molecular weight is 370 g/mol. The summed E-state index contributed by atoms with van der Waals surface area (Å²) >= 11 is 5.29. The number of nitrogens with one attached hydrogen (secondary N) is 2. The Labute approximate surface area is 137 Å². The third-order valence-corrected chi connectivity index (χ3v) is 5.02. The molecular formula is C14H20BrN5S. The Morgan fingerprint density at radius 3 is 2.62 bits per heavy atom. The molecule has 0 aliphatic rings. The van der Waals surface area contributed by atoms with Crippen LogP contribution in [0.1, 0.15) is 41.9 Å². The first-order valence-corrected chi connectivity index (χ1v) is 8.58. The number of aryl methyl sites for hydroxylation is 2. The third-order valence-electron chi connectivity index (χ3n) is 3.02. The first kappa shape index (κ1) is 16.2. The summed E-state index contributed by atoms with van der Waals surface area (Å²) in [5.41, 5.74) is 1.08. The fourth-order valence-electron chi connectivity index (χ4n) is 2.06. The van der Waals surface area contributed by atoms with Crippen LogP contribution in [0.3, 0.4) is 0 Å². The van der Waals surface area contributed by atoms with Gasteiger partial charge < -0.3 is 10.6 Å². The quantitative estimate of drug-likeness (QED) is 0.794. The van der Waals surface area contributed by atoms with Gasteiger partial charge in [-0.25, -0.2) is 15.0 Å². The normalized spacial score (nSPS) is 12.2. The number of nitrogens with zero attached hydrogens (tertiary/aromatic N) is 3. The molecule has 0 aliphatic carbocycles. The summed E-state index contributed by atoms with van der Waals surface area (Å²) in [6.07, 6.45) is 2.62. The summed E-state index contributed by atoms with van der Waals surface area (Å²) in [5.74, 6) is 1.61. The summed E-state index contributed by atoms with van der Waals surface area (Å²) in [6, 6.07) is 0.154. The number of hydrogen-bond acceptors (Lipinski definition) is 6. The molecule has 5 nitrogen and oxygen atoms in total. The van der Waals surface area contributed by atoms with E-state index < -0.39 is 0 Å². The van der Waals surface area contributed by atoms with E-state index in [1.165, 1.54) is 4.88 Å². The zero-order valence-electron chi connectivity index (χ0n) is 12.7. The molecule has 0 spiro atoms. The van der Waals surface area contributed by atoms with Crippen LogP contribution in [0.15, 0.2) is 10.8 Å². The Bertz CT molecular complexity index is 613. The van der Waals surface area contributed by atoms with Crippen molar-refractivity contribution in [3.63, 3.8) is 0 Å². The Morgan fingerprint density at radius 2 is 2.00 bits per heavy atom. The largest absolute Gasteiger partial charge is 0.369 e. The van der Waals surface area contributed by atoms with Crippen molar-refractivity contribution in [2.75, 3.05) is 17.2 Å². The predicted octanol–water partition coefficient (Wildman–Crippen LogP) is 4.31. The summed E-state index contributed by atoms with van der Waals surface area (Å²) in [7, 11) is 0. The zero-order valence-corrected chi connectivity index (χ0v) is 15.1. The lowest BCUT2D eigenvalue weighted by molar-refractivity contribution is 0.873. The van der Waals surface area contributed by atoms with Crippen LogP contribution in [-0.2, 0) is 0 Å². The predicted molar refractivity (Wildman–Crippen MR) is 92.1 cm³/mol. The second-order valence-corrected chi connectivity index (χ2v) is 6.89. The maximum absolute atomic E-state index is 4.48. The molecule has 2 N–H and O–H groups in total. The molecule has 114 valence electrons. The van der Waals surface area contributed by atoms with Gasteiger partial charge in [0.1, 0.15) is 22.4 Å². The molecule has 1 atom stereocenters. The van der Waals surface area contributed by atoms with Gasteiger partial charge in [0.15, 0.2) is 0 Å². The van der Waals surface area contributed by atoms with Crippen LogP contribution >= 0.6 is 27.3 Å². The molecule has 0 aromatic carbocycles. The summed E-state index contributed by atoms with van der Waals surface area (Å²) < 4.78 is 0.865. The van der Waals surface area contributed by atoms with Gasteiger partial charge in [0, 0.05) is 11.4 Å². The number of hydrogen-bond donors (Lipinski definition) is 2. The maximum Gasteiger partial charge on any atom is 0.146 e. The molecule has 0 fully saturated rings. The molecule has 0 bridgehead atoms. The SMILES string of the molecule is CCCNc1ncnc(NC(C)c2sc(C)nc2C)c1Br. The Hall–Kier alpha value is -1.21. The van der Waals surface area contributed by atoms with Crippen LogP contribution < -0.4 is 10.6 Å². The van der Waals surface area contributed by atoms with Crippen LogP contribution in [0, 0.1) is 13.8 Å². The van der Waals surface area contributed by atoms with Gasteiger partial charge in [-0.05, 0) is 43.1 Å². The maximum atomic E-state index is 4.48. The number of rotatable bonds is 6. The zero-order chi connectivity index (χ0) is 15.4. The molecule has 0 aliphatic heterocycles. The van der Waals surface area contributed by atoms with Gasteiger partial charge >= 0.3 is 0 Å². The third kappa shape index (κ3) is 3.91. The Morgan fingerprint density at radius 1 is 1.29 bits per heavy atom. The smallest absolute Gasteiger partial charge is 0.146 e. The molecule has 0 saturated heterocycles. The van der Waals surface area contributed by atoms with E-state index in [0.29, 0.717) is 0 Å². The molecule has 2 heterocycles. The Balaban J connectivity index is 2.17. The average Bonchev–Trinajstić information content (AvgIpc) is 2.79. The van der Waals surface area contributed by atoms with Gasteiger partial charge in [0.05, 0.1) is 16.7 Å². The number of anilines is 2. The second kappa shape index (κ2) is 7.17. The highest BCUT2D eigenvalue weighted by atomic mass is 79.9. The van der Waals surface area contributed by atoms with Crippen molar-refractivity contribution in [1.29, 1.82) is 0 Å². The van der Waals surface area contributed by atoms with Crippen LogP contribution in [0.4, 0.5) is 11.6 Å². The van der Waals surface area contributed by atoms with Crippen LogP contribution in [0.2, 0.25) is 0 Å². The molecule has 7 heteroatoms. The second-order valence-electron chi connectivity index (χ2n) is 4.86. The lowest BCUT2D eigenvalue weighted by Gasteiger charge is -2.16. The minimum atomic E-state index is 0.154. The van der Waals surface area contributed by atoms with Gasteiger partial charge in [-0.3, -0.25) is 0 Å². The van der Waals surface area contributed by atoms with E-state index in [-0.39, 0.29) is 6.04 Å². The number of thiazole rings is 1. The first-order chi connectivity index (χ1) is 10.0.